The van der Waals surface area contributed by atoms with Crippen LogP contribution in [0.15, 0.2) is 60.7 Å². The van der Waals surface area contributed by atoms with Gasteiger partial charge in [-0.05, 0) is 29.0 Å². The van der Waals surface area contributed by atoms with Gasteiger partial charge in [-0.3, -0.25) is 4.79 Å². The van der Waals surface area contributed by atoms with E-state index in [4.69, 9.17) is 0 Å². The summed E-state index contributed by atoms with van der Waals surface area (Å²) in [5, 5.41) is 1.83. The maximum absolute atomic E-state index is 13.6. The molecule has 0 saturated carbocycles. The molecule has 0 radical (unpaired) electrons. The molecule has 0 bridgehead atoms. The highest BCUT2D eigenvalue weighted by molar-refractivity contribution is 6.10. The van der Waals surface area contributed by atoms with Gasteiger partial charge in [0.15, 0.2) is 5.78 Å². The normalized spacial score (nSPS) is 10.7. The van der Waals surface area contributed by atoms with E-state index in [9.17, 15) is 13.6 Å². The third-order valence-electron chi connectivity index (χ3n) is 3.20. The number of benzene rings is 3. The first kappa shape index (κ1) is 12.5. The molecule has 0 atom stereocenters. The second-order valence-electron chi connectivity index (χ2n) is 4.49. The van der Waals surface area contributed by atoms with E-state index in [-0.39, 0.29) is 5.56 Å². The van der Waals surface area contributed by atoms with Gasteiger partial charge in [-0.2, -0.15) is 0 Å². The van der Waals surface area contributed by atoms with Crippen LogP contribution in [-0.4, -0.2) is 5.78 Å². The first-order valence-corrected chi connectivity index (χ1v) is 6.14. The number of hydrogen-bond acceptors (Lipinski definition) is 1. The molecule has 3 rings (SSSR count). The van der Waals surface area contributed by atoms with Gasteiger partial charge in [0, 0.05) is 5.56 Å². The monoisotopic (exact) mass is 268 g/mol. The Morgan fingerprint density at radius 3 is 2.10 bits per heavy atom. The molecule has 0 aromatic heterocycles. The summed E-state index contributed by atoms with van der Waals surface area (Å²) in [5.74, 6) is -2.34. The Balaban J connectivity index is 2.13. The molecule has 0 unspecified atom stereocenters. The summed E-state index contributed by atoms with van der Waals surface area (Å²) in [4.78, 5) is 12.3. The minimum atomic E-state index is -0.844. The van der Waals surface area contributed by atoms with E-state index in [2.05, 4.69) is 0 Å². The average molecular weight is 268 g/mol. The molecule has 0 aliphatic heterocycles. The van der Waals surface area contributed by atoms with Crippen LogP contribution < -0.4 is 0 Å². The van der Waals surface area contributed by atoms with Crippen molar-refractivity contribution in [2.45, 2.75) is 0 Å². The molecule has 0 fully saturated rings. The van der Waals surface area contributed by atoms with Crippen molar-refractivity contribution in [3.8, 4) is 0 Å². The molecule has 0 amide bonds. The highest BCUT2D eigenvalue weighted by Gasteiger charge is 2.18. The van der Waals surface area contributed by atoms with E-state index in [1.807, 2.05) is 24.3 Å². The van der Waals surface area contributed by atoms with Gasteiger partial charge in [-0.1, -0.05) is 42.5 Å². The molecular formula is C17H10F2O. The first-order chi connectivity index (χ1) is 9.66. The summed E-state index contributed by atoms with van der Waals surface area (Å²) in [5.41, 5.74) is -0.240. The van der Waals surface area contributed by atoms with Crippen molar-refractivity contribution < 1.29 is 13.6 Å². The SMILES string of the molecule is O=C(c1ccc2ccccc2c1)c1c(F)cccc1F. The third-order valence-corrected chi connectivity index (χ3v) is 3.20. The van der Waals surface area contributed by atoms with Gasteiger partial charge in [-0.25, -0.2) is 8.78 Å². The zero-order valence-corrected chi connectivity index (χ0v) is 10.4. The molecule has 20 heavy (non-hydrogen) atoms. The quantitative estimate of drug-likeness (QED) is 0.631. The Bertz CT molecular complexity index is 789. The summed E-state index contributed by atoms with van der Waals surface area (Å²) in [7, 11) is 0. The maximum Gasteiger partial charge on any atom is 0.198 e. The third kappa shape index (κ3) is 2.07. The summed E-state index contributed by atoms with van der Waals surface area (Å²) in [6, 6.07) is 15.9. The fourth-order valence-corrected chi connectivity index (χ4v) is 2.19. The van der Waals surface area contributed by atoms with Crippen molar-refractivity contribution in [2.75, 3.05) is 0 Å². The number of ketones is 1. The summed E-state index contributed by atoms with van der Waals surface area (Å²) < 4.78 is 27.3. The Labute approximate surface area is 114 Å². The predicted octanol–water partition coefficient (Wildman–Crippen LogP) is 4.35. The highest BCUT2D eigenvalue weighted by Crippen LogP contribution is 2.21. The molecule has 0 N–H and O–H groups in total. The smallest absolute Gasteiger partial charge is 0.198 e. The van der Waals surface area contributed by atoms with E-state index in [1.54, 1.807) is 18.2 Å². The van der Waals surface area contributed by atoms with Gasteiger partial charge < -0.3 is 0 Å². The van der Waals surface area contributed by atoms with Crippen LogP contribution >= 0.6 is 0 Å². The molecule has 0 saturated heterocycles. The topological polar surface area (TPSA) is 17.1 Å². The molecular weight excluding hydrogens is 258 g/mol. The largest absolute Gasteiger partial charge is 0.288 e. The number of rotatable bonds is 2. The van der Waals surface area contributed by atoms with Crippen molar-refractivity contribution in [1.29, 1.82) is 0 Å². The van der Waals surface area contributed by atoms with Gasteiger partial charge in [0.25, 0.3) is 0 Å². The zero-order chi connectivity index (χ0) is 14.1. The second-order valence-corrected chi connectivity index (χ2v) is 4.49. The van der Waals surface area contributed by atoms with Gasteiger partial charge in [0.1, 0.15) is 11.6 Å². The molecule has 1 nitrogen and oxygen atoms in total. The van der Waals surface area contributed by atoms with E-state index < -0.39 is 23.0 Å². The number of carbonyl (C=O) groups is 1. The fraction of sp³-hybridized carbons (Fsp3) is 0. The number of halogens is 2. The van der Waals surface area contributed by atoms with Gasteiger partial charge >= 0.3 is 0 Å². The molecule has 3 aromatic carbocycles. The Hall–Kier alpha value is -2.55. The summed E-state index contributed by atoms with van der Waals surface area (Å²) >= 11 is 0. The van der Waals surface area contributed by atoms with Crippen LogP contribution in [0.2, 0.25) is 0 Å². The van der Waals surface area contributed by atoms with Crippen LogP contribution in [0.4, 0.5) is 8.78 Å². The zero-order valence-electron chi connectivity index (χ0n) is 10.4. The van der Waals surface area contributed by atoms with Crippen LogP contribution in [0.25, 0.3) is 10.8 Å². The van der Waals surface area contributed by atoms with E-state index in [0.29, 0.717) is 0 Å². The van der Waals surface area contributed by atoms with Crippen molar-refractivity contribution in [3.63, 3.8) is 0 Å². The fourth-order valence-electron chi connectivity index (χ4n) is 2.19. The second kappa shape index (κ2) is 4.85. The van der Waals surface area contributed by atoms with E-state index in [0.717, 1.165) is 22.9 Å². The van der Waals surface area contributed by atoms with Crippen molar-refractivity contribution >= 4 is 16.6 Å². The highest BCUT2D eigenvalue weighted by atomic mass is 19.1. The lowest BCUT2D eigenvalue weighted by atomic mass is 9.99. The lowest BCUT2D eigenvalue weighted by Crippen LogP contribution is -2.07. The Kier molecular flexibility index (Phi) is 3.03. The standard InChI is InChI=1S/C17H10F2O/c18-14-6-3-7-15(19)16(14)17(20)13-9-8-11-4-1-2-5-12(11)10-13/h1-10H. The van der Waals surface area contributed by atoms with Crippen LogP contribution in [0.1, 0.15) is 15.9 Å². The predicted molar refractivity (Wildman–Crippen MR) is 73.7 cm³/mol. The maximum atomic E-state index is 13.6. The Morgan fingerprint density at radius 2 is 1.40 bits per heavy atom. The van der Waals surface area contributed by atoms with Gasteiger partial charge in [-0.15, -0.1) is 0 Å². The van der Waals surface area contributed by atoms with Gasteiger partial charge in [0.05, 0.1) is 5.56 Å². The summed E-state index contributed by atoms with van der Waals surface area (Å²) in [6.45, 7) is 0. The van der Waals surface area contributed by atoms with E-state index >= 15 is 0 Å². The minimum Gasteiger partial charge on any atom is -0.288 e. The van der Waals surface area contributed by atoms with Crippen molar-refractivity contribution in [2.24, 2.45) is 0 Å². The van der Waals surface area contributed by atoms with E-state index in [1.165, 1.54) is 6.07 Å². The molecule has 0 aliphatic rings. The molecule has 0 heterocycles. The van der Waals surface area contributed by atoms with Crippen LogP contribution in [0.5, 0.6) is 0 Å². The van der Waals surface area contributed by atoms with Crippen molar-refractivity contribution in [3.05, 3.63) is 83.4 Å². The van der Waals surface area contributed by atoms with Crippen molar-refractivity contribution in [1.82, 2.24) is 0 Å². The van der Waals surface area contributed by atoms with Crippen LogP contribution in [0, 0.1) is 11.6 Å². The molecule has 3 heteroatoms. The number of fused-ring (bicyclic) bond motifs is 1. The van der Waals surface area contributed by atoms with Crippen LogP contribution in [-0.2, 0) is 0 Å². The number of carbonyl (C=O) groups excluding carboxylic acids is 1. The Morgan fingerprint density at radius 1 is 0.750 bits per heavy atom. The average Bonchev–Trinajstić information content (AvgIpc) is 2.46. The lowest BCUT2D eigenvalue weighted by Gasteiger charge is -2.05. The lowest BCUT2D eigenvalue weighted by molar-refractivity contribution is 0.103. The molecule has 3 aromatic rings. The van der Waals surface area contributed by atoms with Gasteiger partial charge in [0.2, 0.25) is 0 Å². The minimum absolute atomic E-state index is 0.271. The first-order valence-electron chi connectivity index (χ1n) is 6.14. The molecule has 0 aliphatic carbocycles. The summed E-state index contributed by atoms with van der Waals surface area (Å²) in [6.07, 6.45) is 0. The number of hydrogen-bond donors (Lipinski definition) is 0. The molecule has 0 spiro atoms. The molecule has 98 valence electrons. The van der Waals surface area contributed by atoms with Crippen LogP contribution in [0.3, 0.4) is 0 Å².